The van der Waals surface area contributed by atoms with E-state index in [9.17, 15) is 4.79 Å². The molecule has 0 aliphatic rings. The van der Waals surface area contributed by atoms with Crippen LogP contribution in [0.15, 0.2) is 18.2 Å². The molecule has 112 valence electrons. The smallest absolute Gasteiger partial charge is 0.241 e. The van der Waals surface area contributed by atoms with Gasteiger partial charge in [0.2, 0.25) is 5.91 Å². The molecule has 1 aromatic carbocycles. The minimum absolute atomic E-state index is 0.0650. The number of halogens is 1. The lowest BCUT2D eigenvalue weighted by atomic mass is 10.1. The van der Waals surface area contributed by atoms with Crippen LogP contribution in [0.25, 0.3) is 0 Å². The summed E-state index contributed by atoms with van der Waals surface area (Å²) in [6, 6.07) is 6.20. The molecular weight excluding hydrogens is 274 g/mol. The van der Waals surface area contributed by atoms with E-state index in [0.29, 0.717) is 17.6 Å². The van der Waals surface area contributed by atoms with Crippen molar-refractivity contribution in [3.8, 4) is 0 Å². The highest BCUT2D eigenvalue weighted by Crippen LogP contribution is 2.24. The van der Waals surface area contributed by atoms with Crippen molar-refractivity contribution < 1.29 is 4.79 Å². The highest BCUT2D eigenvalue weighted by Gasteiger charge is 2.13. The van der Waals surface area contributed by atoms with E-state index in [0.717, 1.165) is 17.8 Å². The van der Waals surface area contributed by atoms with Crippen LogP contribution in [0, 0.1) is 0 Å². The van der Waals surface area contributed by atoms with Crippen molar-refractivity contribution in [2.75, 3.05) is 32.6 Å². The van der Waals surface area contributed by atoms with E-state index in [-0.39, 0.29) is 5.91 Å². The van der Waals surface area contributed by atoms with Crippen LogP contribution in [0.1, 0.15) is 19.4 Å². The lowest BCUT2D eigenvalue weighted by Gasteiger charge is -2.24. The van der Waals surface area contributed by atoms with Gasteiger partial charge in [-0.1, -0.05) is 31.5 Å². The molecule has 1 N–H and O–H groups in total. The maximum Gasteiger partial charge on any atom is 0.241 e. The van der Waals surface area contributed by atoms with Gasteiger partial charge in [-0.25, -0.2) is 0 Å². The van der Waals surface area contributed by atoms with E-state index in [1.807, 2.05) is 30.1 Å². The molecule has 0 aliphatic heterocycles. The van der Waals surface area contributed by atoms with E-state index < -0.39 is 0 Å². The van der Waals surface area contributed by atoms with Gasteiger partial charge >= 0.3 is 0 Å². The first kappa shape index (κ1) is 16.8. The normalized spacial score (nSPS) is 10.8. The maximum absolute atomic E-state index is 11.8. The number of carbonyl (C=O) groups is 1. The largest absolute Gasteiger partial charge is 0.365 e. The standard InChI is InChI=1S/C15H24ClN3O/c1-11(2)17-9-12-6-7-13(16)8-14(12)19(5)10-15(20)18(3)4/h6-8,11,17H,9-10H2,1-5H3. The minimum atomic E-state index is 0.0650. The predicted molar refractivity (Wildman–Crippen MR) is 85.4 cm³/mol. The van der Waals surface area contributed by atoms with Crippen molar-refractivity contribution in [3.63, 3.8) is 0 Å². The van der Waals surface area contributed by atoms with Gasteiger partial charge in [0.05, 0.1) is 6.54 Å². The molecule has 20 heavy (non-hydrogen) atoms. The third-order valence-corrected chi connectivity index (χ3v) is 3.27. The second kappa shape index (κ2) is 7.50. The molecule has 0 spiro atoms. The fraction of sp³-hybridized carbons (Fsp3) is 0.533. The van der Waals surface area contributed by atoms with Crippen molar-refractivity contribution in [1.29, 1.82) is 0 Å². The molecule has 0 bridgehead atoms. The van der Waals surface area contributed by atoms with Crippen molar-refractivity contribution in [2.24, 2.45) is 0 Å². The first-order valence-corrected chi connectivity index (χ1v) is 7.12. The molecular formula is C15H24ClN3O. The van der Waals surface area contributed by atoms with Crippen LogP contribution in [-0.4, -0.2) is 44.5 Å². The number of likely N-dealkylation sites (N-methyl/N-ethyl adjacent to an activating group) is 2. The van der Waals surface area contributed by atoms with Crippen LogP contribution in [0.4, 0.5) is 5.69 Å². The van der Waals surface area contributed by atoms with E-state index in [4.69, 9.17) is 11.6 Å². The molecule has 1 aromatic rings. The molecule has 0 heterocycles. The number of amides is 1. The lowest BCUT2D eigenvalue weighted by Crippen LogP contribution is -2.35. The van der Waals surface area contributed by atoms with Crippen molar-refractivity contribution in [2.45, 2.75) is 26.4 Å². The lowest BCUT2D eigenvalue weighted by molar-refractivity contribution is -0.127. The second-order valence-corrected chi connectivity index (χ2v) is 5.89. The summed E-state index contributed by atoms with van der Waals surface area (Å²) in [4.78, 5) is 15.4. The highest BCUT2D eigenvalue weighted by molar-refractivity contribution is 6.30. The number of carbonyl (C=O) groups excluding carboxylic acids is 1. The average molecular weight is 298 g/mol. The average Bonchev–Trinajstić information content (AvgIpc) is 2.36. The summed E-state index contributed by atoms with van der Waals surface area (Å²) >= 11 is 6.08. The molecule has 0 radical (unpaired) electrons. The summed E-state index contributed by atoms with van der Waals surface area (Å²) in [6.45, 7) is 5.30. The Morgan fingerprint density at radius 1 is 1.30 bits per heavy atom. The molecule has 0 aliphatic carbocycles. The number of rotatable bonds is 6. The van der Waals surface area contributed by atoms with Gasteiger partial charge in [-0.2, -0.15) is 0 Å². The van der Waals surface area contributed by atoms with Crippen molar-refractivity contribution in [1.82, 2.24) is 10.2 Å². The Morgan fingerprint density at radius 2 is 1.95 bits per heavy atom. The van der Waals surface area contributed by atoms with Crippen LogP contribution in [0.2, 0.25) is 5.02 Å². The molecule has 0 aromatic heterocycles. The Balaban J connectivity index is 2.90. The van der Waals surface area contributed by atoms with E-state index >= 15 is 0 Å². The SMILES string of the molecule is CC(C)NCc1ccc(Cl)cc1N(C)CC(=O)N(C)C. The molecule has 0 saturated heterocycles. The Hall–Kier alpha value is -1.26. The zero-order chi connectivity index (χ0) is 15.3. The molecule has 0 fully saturated rings. The van der Waals surface area contributed by atoms with Gasteiger partial charge < -0.3 is 15.1 Å². The third kappa shape index (κ3) is 5.02. The van der Waals surface area contributed by atoms with Gasteiger partial charge in [-0.15, -0.1) is 0 Å². The number of hydrogen-bond donors (Lipinski definition) is 1. The van der Waals surface area contributed by atoms with Gasteiger partial charge in [0.25, 0.3) is 0 Å². The molecule has 1 amide bonds. The van der Waals surface area contributed by atoms with Crippen LogP contribution < -0.4 is 10.2 Å². The maximum atomic E-state index is 11.8. The monoisotopic (exact) mass is 297 g/mol. The van der Waals surface area contributed by atoms with Crippen LogP contribution >= 0.6 is 11.6 Å². The minimum Gasteiger partial charge on any atom is -0.365 e. The molecule has 5 heteroatoms. The summed E-state index contributed by atoms with van der Waals surface area (Å²) in [5, 5.41) is 4.07. The van der Waals surface area contributed by atoms with Gasteiger partial charge in [0.15, 0.2) is 0 Å². The van der Waals surface area contributed by atoms with Crippen molar-refractivity contribution >= 4 is 23.2 Å². The fourth-order valence-electron chi connectivity index (χ4n) is 1.79. The van der Waals surface area contributed by atoms with Crippen molar-refractivity contribution in [3.05, 3.63) is 28.8 Å². The number of nitrogens with zero attached hydrogens (tertiary/aromatic N) is 2. The second-order valence-electron chi connectivity index (χ2n) is 5.45. The summed E-state index contributed by atoms with van der Waals surface area (Å²) < 4.78 is 0. The first-order valence-electron chi connectivity index (χ1n) is 6.74. The highest BCUT2D eigenvalue weighted by atomic mass is 35.5. The number of hydrogen-bond acceptors (Lipinski definition) is 3. The molecule has 0 atom stereocenters. The van der Waals surface area contributed by atoms with Crippen LogP contribution in [0.3, 0.4) is 0 Å². The van der Waals surface area contributed by atoms with Gasteiger partial charge in [0, 0.05) is 44.4 Å². The Labute approximate surface area is 126 Å². The molecule has 0 saturated carbocycles. The number of benzene rings is 1. The zero-order valence-corrected chi connectivity index (χ0v) is 13.7. The van der Waals surface area contributed by atoms with E-state index in [2.05, 4.69) is 19.2 Å². The van der Waals surface area contributed by atoms with Crippen LogP contribution in [-0.2, 0) is 11.3 Å². The van der Waals surface area contributed by atoms with Gasteiger partial charge in [0.1, 0.15) is 0 Å². The summed E-state index contributed by atoms with van der Waals surface area (Å²) in [5.74, 6) is 0.0650. The van der Waals surface area contributed by atoms with Crippen LogP contribution in [0.5, 0.6) is 0 Å². The summed E-state index contributed by atoms with van der Waals surface area (Å²) in [7, 11) is 5.43. The predicted octanol–water partition coefficient (Wildman–Crippen LogP) is 2.36. The first-order chi connectivity index (χ1) is 9.31. The third-order valence-electron chi connectivity index (χ3n) is 3.03. The topological polar surface area (TPSA) is 35.6 Å². The zero-order valence-electron chi connectivity index (χ0n) is 12.9. The number of nitrogens with one attached hydrogen (secondary N) is 1. The summed E-state index contributed by atoms with van der Waals surface area (Å²) in [5.41, 5.74) is 2.12. The van der Waals surface area contributed by atoms with E-state index in [1.165, 1.54) is 0 Å². The Morgan fingerprint density at radius 3 is 2.50 bits per heavy atom. The fourth-order valence-corrected chi connectivity index (χ4v) is 1.95. The number of anilines is 1. The Bertz CT molecular complexity index is 460. The summed E-state index contributed by atoms with van der Waals surface area (Å²) in [6.07, 6.45) is 0. The Kier molecular flexibility index (Phi) is 6.30. The van der Waals surface area contributed by atoms with Gasteiger partial charge in [-0.05, 0) is 17.7 Å². The quantitative estimate of drug-likeness (QED) is 0.875. The van der Waals surface area contributed by atoms with E-state index in [1.54, 1.807) is 19.0 Å². The molecule has 4 nitrogen and oxygen atoms in total. The molecule has 0 unspecified atom stereocenters. The van der Waals surface area contributed by atoms with Gasteiger partial charge in [-0.3, -0.25) is 4.79 Å². The molecule has 1 rings (SSSR count).